The van der Waals surface area contributed by atoms with E-state index in [1.807, 2.05) is 5.32 Å². The standard InChI is InChI=1S/C17H29N7O9/c1-7(22-14(30)8(18)5-11(25)26)13(29)23-9(3-2-4-21-17(19)20)15(31)24-10(16(32)33)6-12(27)28/h7-10H,2-6,18H2,1H3,(H,22,30)(H,23,29)(H,24,31)(H,25,26)(H,27,28)(H,32,33)(H4,19,20,21). The van der Waals surface area contributed by atoms with Gasteiger partial charge in [0.1, 0.15) is 18.1 Å². The fraction of sp³-hybridized carbons (Fsp3) is 0.588. The zero-order chi connectivity index (χ0) is 25.7. The SMILES string of the molecule is CC(NC(=O)C(N)CC(=O)O)C(=O)NC(CCCN=C(N)N)C(=O)NC(CC(=O)O)C(=O)O. The molecule has 0 fully saturated rings. The molecule has 0 aromatic rings. The van der Waals surface area contributed by atoms with Crippen LogP contribution < -0.4 is 33.2 Å². The minimum absolute atomic E-state index is 0.0625. The molecular weight excluding hydrogens is 446 g/mol. The van der Waals surface area contributed by atoms with Crippen molar-refractivity contribution in [1.29, 1.82) is 0 Å². The molecule has 0 radical (unpaired) electrons. The third-order valence-corrected chi connectivity index (χ3v) is 4.05. The summed E-state index contributed by atoms with van der Waals surface area (Å²) in [6, 6.07) is -5.73. The zero-order valence-electron chi connectivity index (χ0n) is 17.8. The van der Waals surface area contributed by atoms with Gasteiger partial charge in [-0.25, -0.2) is 4.79 Å². The van der Waals surface area contributed by atoms with Crippen molar-refractivity contribution < 1.29 is 44.1 Å². The van der Waals surface area contributed by atoms with Gasteiger partial charge in [-0.2, -0.15) is 0 Å². The number of hydrogen-bond acceptors (Lipinski definition) is 8. The number of aliphatic carboxylic acids is 3. The molecule has 0 aliphatic carbocycles. The quantitative estimate of drug-likeness (QED) is 0.0620. The van der Waals surface area contributed by atoms with Crippen LogP contribution in [0.4, 0.5) is 0 Å². The van der Waals surface area contributed by atoms with Crippen molar-refractivity contribution in [2.45, 2.75) is 56.8 Å². The molecule has 0 bridgehead atoms. The topological polar surface area (TPSA) is 290 Å². The molecule has 16 heteroatoms. The second kappa shape index (κ2) is 14.2. The van der Waals surface area contributed by atoms with Gasteiger partial charge in [0.05, 0.1) is 18.9 Å². The van der Waals surface area contributed by atoms with Gasteiger partial charge in [0.15, 0.2) is 5.96 Å². The van der Waals surface area contributed by atoms with Crippen LogP contribution in [-0.4, -0.2) is 87.6 Å². The Balaban J connectivity index is 5.28. The number of amides is 3. The largest absolute Gasteiger partial charge is 0.481 e. The summed E-state index contributed by atoms with van der Waals surface area (Å²) >= 11 is 0. The van der Waals surface area contributed by atoms with Crippen molar-refractivity contribution in [2.75, 3.05) is 6.54 Å². The summed E-state index contributed by atoms with van der Waals surface area (Å²) in [5.41, 5.74) is 15.8. The van der Waals surface area contributed by atoms with E-state index in [2.05, 4.69) is 15.6 Å². The Morgan fingerprint density at radius 1 is 0.818 bits per heavy atom. The van der Waals surface area contributed by atoms with Gasteiger partial charge in [0, 0.05) is 6.54 Å². The van der Waals surface area contributed by atoms with Crippen LogP contribution in [-0.2, 0) is 28.8 Å². The van der Waals surface area contributed by atoms with Crippen molar-refractivity contribution >= 4 is 41.6 Å². The first-order valence-corrected chi connectivity index (χ1v) is 9.63. The normalized spacial score (nSPS) is 14.0. The molecule has 33 heavy (non-hydrogen) atoms. The molecule has 0 aromatic heterocycles. The fourth-order valence-corrected chi connectivity index (χ4v) is 2.38. The van der Waals surface area contributed by atoms with Gasteiger partial charge < -0.3 is 48.5 Å². The van der Waals surface area contributed by atoms with E-state index in [0.29, 0.717) is 0 Å². The number of carbonyl (C=O) groups is 6. The summed E-state index contributed by atoms with van der Waals surface area (Å²) in [5, 5.41) is 33.1. The van der Waals surface area contributed by atoms with Crippen molar-refractivity contribution in [3.8, 4) is 0 Å². The Kier molecular flexibility index (Phi) is 12.5. The third-order valence-electron chi connectivity index (χ3n) is 4.05. The summed E-state index contributed by atoms with van der Waals surface area (Å²) in [6.45, 7) is 1.33. The summed E-state index contributed by atoms with van der Waals surface area (Å²) < 4.78 is 0. The summed E-state index contributed by atoms with van der Waals surface area (Å²) in [7, 11) is 0. The molecular formula is C17H29N7O9. The third kappa shape index (κ3) is 12.5. The van der Waals surface area contributed by atoms with Crippen LogP contribution in [0.3, 0.4) is 0 Å². The van der Waals surface area contributed by atoms with Gasteiger partial charge in [-0.3, -0.25) is 29.0 Å². The smallest absolute Gasteiger partial charge is 0.326 e. The number of carboxylic acids is 3. The number of hydrogen-bond donors (Lipinski definition) is 9. The first-order chi connectivity index (χ1) is 15.2. The van der Waals surface area contributed by atoms with E-state index in [0.717, 1.165) is 0 Å². The molecule has 16 nitrogen and oxygen atoms in total. The Hall–Kier alpha value is -3.95. The summed E-state index contributed by atoms with van der Waals surface area (Å²) in [4.78, 5) is 73.3. The van der Waals surface area contributed by atoms with E-state index in [9.17, 15) is 28.8 Å². The van der Waals surface area contributed by atoms with Crippen LogP contribution in [0.25, 0.3) is 0 Å². The van der Waals surface area contributed by atoms with Gasteiger partial charge in [-0.1, -0.05) is 0 Å². The number of nitrogens with two attached hydrogens (primary N) is 3. The molecule has 0 spiro atoms. The first-order valence-electron chi connectivity index (χ1n) is 9.63. The minimum Gasteiger partial charge on any atom is -0.481 e. The Morgan fingerprint density at radius 3 is 1.85 bits per heavy atom. The fourth-order valence-electron chi connectivity index (χ4n) is 2.38. The van der Waals surface area contributed by atoms with Crippen molar-refractivity contribution in [3.05, 3.63) is 0 Å². The number of aliphatic imine (C=N–C) groups is 1. The van der Waals surface area contributed by atoms with Crippen LogP contribution >= 0.6 is 0 Å². The number of carboxylic acid groups (broad SMARTS) is 3. The average Bonchev–Trinajstić information content (AvgIpc) is 2.68. The van der Waals surface area contributed by atoms with E-state index < -0.39 is 72.6 Å². The maximum Gasteiger partial charge on any atom is 0.326 e. The molecule has 0 aliphatic heterocycles. The molecule has 0 aliphatic rings. The maximum atomic E-state index is 12.5. The predicted octanol–water partition coefficient (Wildman–Crippen LogP) is -4.12. The number of guanidine groups is 1. The highest BCUT2D eigenvalue weighted by Crippen LogP contribution is 2.03. The second-order valence-corrected chi connectivity index (χ2v) is 6.94. The van der Waals surface area contributed by atoms with E-state index in [4.69, 9.17) is 32.5 Å². The highest BCUT2D eigenvalue weighted by molar-refractivity contribution is 5.95. The lowest BCUT2D eigenvalue weighted by molar-refractivity contribution is -0.147. The van der Waals surface area contributed by atoms with Crippen LogP contribution in [0.15, 0.2) is 4.99 Å². The van der Waals surface area contributed by atoms with Crippen LogP contribution in [0, 0.1) is 0 Å². The lowest BCUT2D eigenvalue weighted by Gasteiger charge is -2.23. The molecule has 0 aromatic carbocycles. The molecule has 0 rings (SSSR count). The van der Waals surface area contributed by atoms with Gasteiger partial charge in [0.2, 0.25) is 17.7 Å². The van der Waals surface area contributed by atoms with Crippen molar-refractivity contribution in [1.82, 2.24) is 16.0 Å². The lowest BCUT2D eigenvalue weighted by Crippen LogP contribution is -2.56. The Bertz CT molecular complexity index is 783. The van der Waals surface area contributed by atoms with E-state index in [-0.39, 0.29) is 25.3 Å². The number of nitrogens with one attached hydrogen (secondary N) is 3. The molecule has 0 heterocycles. The first kappa shape index (κ1) is 29.0. The van der Waals surface area contributed by atoms with Gasteiger partial charge in [-0.05, 0) is 19.8 Å². The number of rotatable bonds is 15. The zero-order valence-corrected chi connectivity index (χ0v) is 17.8. The molecule has 12 N–H and O–H groups in total. The molecule has 0 saturated carbocycles. The van der Waals surface area contributed by atoms with Crippen LogP contribution in [0.1, 0.15) is 32.6 Å². The van der Waals surface area contributed by atoms with Crippen molar-refractivity contribution in [2.24, 2.45) is 22.2 Å². The van der Waals surface area contributed by atoms with E-state index >= 15 is 0 Å². The highest BCUT2D eigenvalue weighted by atomic mass is 16.4. The number of carbonyl (C=O) groups excluding carboxylic acids is 3. The predicted molar refractivity (Wildman–Crippen MR) is 111 cm³/mol. The van der Waals surface area contributed by atoms with Crippen LogP contribution in [0.2, 0.25) is 0 Å². The second-order valence-electron chi connectivity index (χ2n) is 6.94. The summed E-state index contributed by atoms with van der Waals surface area (Å²) in [6.07, 6.45) is -1.45. The molecule has 4 unspecified atom stereocenters. The van der Waals surface area contributed by atoms with Gasteiger partial charge in [-0.15, -0.1) is 0 Å². The maximum absolute atomic E-state index is 12.5. The molecule has 186 valence electrons. The monoisotopic (exact) mass is 475 g/mol. The Labute approximate surface area is 187 Å². The molecule has 4 atom stereocenters. The lowest BCUT2D eigenvalue weighted by atomic mass is 10.1. The molecule has 0 saturated heterocycles. The Morgan fingerprint density at radius 2 is 1.36 bits per heavy atom. The highest BCUT2D eigenvalue weighted by Gasteiger charge is 2.29. The molecule has 3 amide bonds. The summed E-state index contributed by atoms with van der Waals surface area (Å²) in [5.74, 6) is -7.35. The van der Waals surface area contributed by atoms with E-state index in [1.165, 1.54) is 6.92 Å². The number of nitrogens with zero attached hydrogens (tertiary/aromatic N) is 1. The van der Waals surface area contributed by atoms with E-state index in [1.54, 1.807) is 0 Å². The van der Waals surface area contributed by atoms with Gasteiger partial charge in [0.25, 0.3) is 0 Å². The van der Waals surface area contributed by atoms with Crippen molar-refractivity contribution in [3.63, 3.8) is 0 Å². The average molecular weight is 475 g/mol. The van der Waals surface area contributed by atoms with Crippen LogP contribution in [0.5, 0.6) is 0 Å². The van der Waals surface area contributed by atoms with Gasteiger partial charge >= 0.3 is 17.9 Å². The minimum atomic E-state index is -1.75.